The van der Waals surface area contributed by atoms with Gasteiger partial charge in [0.05, 0.1) is 0 Å². The van der Waals surface area contributed by atoms with Crippen LogP contribution in [-0.4, -0.2) is 16.7 Å². The Morgan fingerprint density at radius 2 is 1.76 bits per heavy atom. The lowest BCUT2D eigenvalue weighted by molar-refractivity contribution is 0.0949. The summed E-state index contributed by atoms with van der Waals surface area (Å²) < 4.78 is 0. The van der Waals surface area contributed by atoms with E-state index in [0.29, 0.717) is 29.1 Å². The Balaban J connectivity index is 1.54. The molecule has 0 saturated heterocycles. The molecule has 0 fully saturated rings. The van der Waals surface area contributed by atoms with Crippen LogP contribution >= 0.6 is 11.6 Å². The minimum atomic E-state index is -0.512. The van der Waals surface area contributed by atoms with Crippen LogP contribution < -0.4 is 10.9 Å². The van der Waals surface area contributed by atoms with Crippen molar-refractivity contribution in [2.45, 2.75) is 25.3 Å². The molecule has 0 saturated carbocycles. The van der Waals surface area contributed by atoms with Crippen LogP contribution in [0.1, 0.15) is 49.9 Å². The molecular weight excluding hydrogens is 388 g/mol. The molecule has 1 atom stereocenters. The molecule has 6 heteroatoms. The van der Waals surface area contributed by atoms with Gasteiger partial charge in [0, 0.05) is 29.2 Å². The van der Waals surface area contributed by atoms with E-state index in [0.717, 1.165) is 11.1 Å². The standard InChI is InChI=1S/C23H19ClN2O3/c24-17-8-6-14(7-9-17)13-25-22(28)19-12-18-20(26-23(19)29)10-16(11-21(18)27)15-4-2-1-3-5-15/h1-9,12,16H,10-11,13H2,(H,25,28)(H,26,29)/t16-/m1/s1. The first-order chi connectivity index (χ1) is 14.0. The number of pyridine rings is 1. The van der Waals surface area contributed by atoms with Gasteiger partial charge in [-0.25, -0.2) is 0 Å². The maximum absolute atomic E-state index is 12.7. The van der Waals surface area contributed by atoms with Crippen molar-refractivity contribution in [2.75, 3.05) is 0 Å². The van der Waals surface area contributed by atoms with Crippen LogP contribution in [0.2, 0.25) is 5.02 Å². The Morgan fingerprint density at radius 3 is 2.48 bits per heavy atom. The Morgan fingerprint density at radius 1 is 1.03 bits per heavy atom. The summed E-state index contributed by atoms with van der Waals surface area (Å²) in [5.74, 6) is -0.554. The average Bonchev–Trinajstić information content (AvgIpc) is 2.73. The van der Waals surface area contributed by atoms with Gasteiger partial charge in [0.2, 0.25) is 0 Å². The second kappa shape index (κ2) is 8.05. The van der Waals surface area contributed by atoms with E-state index in [1.807, 2.05) is 30.3 Å². The molecule has 1 aromatic heterocycles. The molecule has 4 rings (SSSR count). The first kappa shape index (κ1) is 19.2. The van der Waals surface area contributed by atoms with E-state index >= 15 is 0 Å². The third kappa shape index (κ3) is 4.15. The van der Waals surface area contributed by atoms with Gasteiger partial charge in [-0.15, -0.1) is 0 Å². The molecule has 0 aliphatic heterocycles. The molecule has 146 valence electrons. The highest BCUT2D eigenvalue weighted by atomic mass is 35.5. The summed E-state index contributed by atoms with van der Waals surface area (Å²) in [6.07, 6.45) is 0.919. The Labute approximate surface area is 172 Å². The molecule has 2 aromatic carbocycles. The van der Waals surface area contributed by atoms with E-state index in [2.05, 4.69) is 10.3 Å². The SMILES string of the molecule is O=C1C[C@H](c2ccccc2)Cc2[nH]c(=O)c(C(=O)NCc3ccc(Cl)cc3)cc21. The molecular formula is C23H19ClN2O3. The number of hydrogen-bond acceptors (Lipinski definition) is 3. The summed E-state index contributed by atoms with van der Waals surface area (Å²) in [7, 11) is 0. The minimum Gasteiger partial charge on any atom is -0.348 e. The Hall–Kier alpha value is -3.18. The van der Waals surface area contributed by atoms with Gasteiger partial charge in [-0.2, -0.15) is 0 Å². The van der Waals surface area contributed by atoms with Gasteiger partial charge in [0.25, 0.3) is 11.5 Å². The number of carbonyl (C=O) groups excluding carboxylic acids is 2. The van der Waals surface area contributed by atoms with Crippen molar-refractivity contribution in [3.05, 3.63) is 104 Å². The molecule has 1 amide bonds. The van der Waals surface area contributed by atoms with Crippen molar-refractivity contribution >= 4 is 23.3 Å². The molecule has 29 heavy (non-hydrogen) atoms. The minimum absolute atomic E-state index is 0.0245. The van der Waals surface area contributed by atoms with Crippen molar-refractivity contribution in [1.82, 2.24) is 10.3 Å². The molecule has 3 aromatic rings. The quantitative estimate of drug-likeness (QED) is 0.690. The van der Waals surface area contributed by atoms with Gasteiger partial charge in [-0.3, -0.25) is 14.4 Å². The van der Waals surface area contributed by atoms with Crippen molar-refractivity contribution in [3.63, 3.8) is 0 Å². The van der Waals surface area contributed by atoms with Crippen LogP contribution in [-0.2, 0) is 13.0 Å². The highest BCUT2D eigenvalue weighted by Crippen LogP contribution is 2.31. The number of fused-ring (bicyclic) bond motifs is 1. The smallest absolute Gasteiger partial charge is 0.261 e. The van der Waals surface area contributed by atoms with Crippen LogP contribution in [0.3, 0.4) is 0 Å². The maximum atomic E-state index is 12.7. The average molecular weight is 407 g/mol. The van der Waals surface area contributed by atoms with Crippen molar-refractivity contribution in [3.8, 4) is 0 Å². The second-order valence-corrected chi connectivity index (χ2v) is 7.59. The number of aromatic amines is 1. The number of nitrogens with one attached hydrogen (secondary N) is 2. The highest BCUT2D eigenvalue weighted by Gasteiger charge is 2.28. The topological polar surface area (TPSA) is 79.0 Å². The van der Waals surface area contributed by atoms with E-state index < -0.39 is 11.5 Å². The zero-order valence-corrected chi connectivity index (χ0v) is 16.3. The number of Topliss-reactive ketones (excluding diaryl/α,β-unsaturated/α-hetero) is 1. The number of benzene rings is 2. The van der Waals surface area contributed by atoms with Gasteiger partial charge in [-0.05, 0) is 41.7 Å². The van der Waals surface area contributed by atoms with Gasteiger partial charge in [0.15, 0.2) is 5.78 Å². The van der Waals surface area contributed by atoms with Crippen molar-refractivity contribution in [1.29, 1.82) is 0 Å². The summed E-state index contributed by atoms with van der Waals surface area (Å²) in [6.45, 7) is 0.260. The van der Waals surface area contributed by atoms with E-state index in [1.54, 1.807) is 24.3 Å². The fourth-order valence-corrected chi connectivity index (χ4v) is 3.77. The van der Waals surface area contributed by atoms with Crippen LogP contribution in [0, 0.1) is 0 Å². The maximum Gasteiger partial charge on any atom is 0.261 e. The van der Waals surface area contributed by atoms with Crippen LogP contribution in [0.15, 0.2) is 65.5 Å². The third-order valence-electron chi connectivity index (χ3n) is 5.19. The number of ketones is 1. The second-order valence-electron chi connectivity index (χ2n) is 7.15. The van der Waals surface area contributed by atoms with Gasteiger partial charge >= 0.3 is 0 Å². The Kier molecular flexibility index (Phi) is 5.32. The van der Waals surface area contributed by atoms with Crippen LogP contribution in [0.4, 0.5) is 0 Å². The summed E-state index contributed by atoms with van der Waals surface area (Å²) >= 11 is 5.86. The number of amides is 1. The zero-order chi connectivity index (χ0) is 20.4. The number of rotatable bonds is 4. The normalized spacial score (nSPS) is 15.6. The number of hydrogen-bond donors (Lipinski definition) is 2. The number of carbonyl (C=O) groups is 2. The van der Waals surface area contributed by atoms with Gasteiger partial charge < -0.3 is 10.3 Å². The lowest BCUT2D eigenvalue weighted by Crippen LogP contribution is -2.32. The van der Waals surface area contributed by atoms with Crippen molar-refractivity contribution < 1.29 is 9.59 Å². The number of aromatic nitrogens is 1. The summed E-state index contributed by atoms with van der Waals surface area (Å²) in [4.78, 5) is 40.5. The van der Waals surface area contributed by atoms with Crippen LogP contribution in [0.5, 0.6) is 0 Å². The van der Waals surface area contributed by atoms with E-state index in [1.165, 1.54) is 6.07 Å². The first-order valence-corrected chi connectivity index (χ1v) is 9.76. The number of halogens is 1. The molecule has 0 unspecified atom stereocenters. The molecule has 0 bridgehead atoms. The van der Waals surface area contributed by atoms with Crippen LogP contribution in [0.25, 0.3) is 0 Å². The van der Waals surface area contributed by atoms with E-state index in [-0.39, 0.29) is 23.8 Å². The number of H-pyrrole nitrogens is 1. The molecule has 1 aliphatic carbocycles. The fraction of sp³-hybridized carbons (Fsp3) is 0.174. The third-order valence-corrected chi connectivity index (χ3v) is 5.44. The van der Waals surface area contributed by atoms with E-state index in [4.69, 9.17) is 11.6 Å². The highest BCUT2D eigenvalue weighted by molar-refractivity contribution is 6.30. The summed E-state index contributed by atoms with van der Waals surface area (Å²) in [6, 6.07) is 18.3. The van der Waals surface area contributed by atoms with Gasteiger partial charge in [-0.1, -0.05) is 54.1 Å². The lowest BCUT2D eigenvalue weighted by atomic mass is 9.81. The van der Waals surface area contributed by atoms with Gasteiger partial charge in [0.1, 0.15) is 5.56 Å². The monoisotopic (exact) mass is 406 g/mol. The molecule has 5 nitrogen and oxygen atoms in total. The van der Waals surface area contributed by atoms with E-state index in [9.17, 15) is 14.4 Å². The lowest BCUT2D eigenvalue weighted by Gasteiger charge is -2.24. The zero-order valence-electron chi connectivity index (χ0n) is 15.6. The van der Waals surface area contributed by atoms with Crippen molar-refractivity contribution in [2.24, 2.45) is 0 Å². The first-order valence-electron chi connectivity index (χ1n) is 9.38. The summed E-state index contributed by atoms with van der Waals surface area (Å²) in [5.41, 5.74) is 2.40. The fourth-order valence-electron chi connectivity index (χ4n) is 3.64. The summed E-state index contributed by atoms with van der Waals surface area (Å²) in [5, 5.41) is 3.33. The predicted octanol–water partition coefficient (Wildman–Crippen LogP) is 3.87. The molecule has 2 N–H and O–H groups in total. The molecule has 1 aliphatic rings. The predicted molar refractivity (Wildman–Crippen MR) is 112 cm³/mol. The molecule has 0 radical (unpaired) electrons. The Bertz CT molecular complexity index is 1120. The molecule has 1 heterocycles. The largest absolute Gasteiger partial charge is 0.348 e. The molecule has 0 spiro atoms.